The van der Waals surface area contributed by atoms with Crippen molar-refractivity contribution in [3.63, 3.8) is 0 Å². The van der Waals surface area contributed by atoms with Gasteiger partial charge < -0.3 is 10.2 Å². The first-order chi connectivity index (χ1) is 13.0. The summed E-state index contributed by atoms with van der Waals surface area (Å²) in [4.78, 5) is 30.4. The van der Waals surface area contributed by atoms with Gasteiger partial charge in [-0.15, -0.1) is 22.7 Å². The van der Waals surface area contributed by atoms with Crippen LogP contribution in [0.4, 0.5) is 5.82 Å². The summed E-state index contributed by atoms with van der Waals surface area (Å²) >= 11 is 3.09. The SMILES string of the molecule is Cc1csc2ncnc(N3CC4CC3C4NC(=O)c3scnc3C(C)C)c12. The van der Waals surface area contributed by atoms with Crippen molar-refractivity contribution in [3.05, 3.63) is 33.4 Å². The molecule has 6 nitrogen and oxygen atoms in total. The van der Waals surface area contributed by atoms with Crippen molar-refractivity contribution < 1.29 is 4.79 Å². The Bertz CT molecular complexity index is 1030. The molecule has 1 amide bonds. The van der Waals surface area contributed by atoms with Crippen molar-refractivity contribution in [2.24, 2.45) is 5.92 Å². The molecule has 3 aliphatic rings. The Labute approximate surface area is 165 Å². The summed E-state index contributed by atoms with van der Waals surface area (Å²) in [6, 6.07) is 0.496. The zero-order valence-electron chi connectivity index (χ0n) is 15.5. The van der Waals surface area contributed by atoms with Crippen LogP contribution in [-0.4, -0.2) is 39.5 Å². The van der Waals surface area contributed by atoms with Crippen LogP contribution in [0.25, 0.3) is 10.2 Å². The molecular weight excluding hydrogens is 378 g/mol. The first-order valence-corrected chi connectivity index (χ1v) is 11.0. The molecule has 27 heavy (non-hydrogen) atoms. The Morgan fingerprint density at radius 1 is 1.30 bits per heavy atom. The lowest BCUT2D eigenvalue weighted by molar-refractivity contribution is 0.0897. The predicted octanol–water partition coefficient (Wildman–Crippen LogP) is 3.59. The number of hydrogen-bond donors (Lipinski definition) is 1. The van der Waals surface area contributed by atoms with Crippen molar-refractivity contribution in [2.75, 3.05) is 11.4 Å². The molecule has 0 spiro atoms. The molecule has 5 heterocycles. The van der Waals surface area contributed by atoms with Crippen molar-refractivity contribution in [1.29, 1.82) is 0 Å². The quantitative estimate of drug-likeness (QED) is 0.726. The molecule has 2 bridgehead atoms. The second-order valence-electron chi connectivity index (χ2n) is 7.73. The number of hydrogen-bond acceptors (Lipinski definition) is 7. The average Bonchev–Trinajstić information content (AvgIpc) is 3.41. The molecule has 2 saturated heterocycles. The molecule has 3 fully saturated rings. The monoisotopic (exact) mass is 399 g/mol. The summed E-state index contributed by atoms with van der Waals surface area (Å²) in [5, 5.41) is 6.58. The number of fused-ring (bicyclic) bond motifs is 2. The van der Waals surface area contributed by atoms with Crippen molar-refractivity contribution in [2.45, 2.75) is 45.2 Å². The highest BCUT2D eigenvalue weighted by Crippen LogP contribution is 2.45. The van der Waals surface area contributed by atoms with Gasteiger partial charge in [0.25, 0.3) is 5.91 Å². The Balaban J connectivity index is 1.38. The highest BCUT2D eigenvalue weighted by atomic mass is 32.1. The highest BCUT2D eigenvalue weighted by Gasteiger charge is 2.53. The fraction of sp³-hybridized carbons (Fsp3) is 0.474. The molecule has 140 valence electrons. The fourth-order valence-electron chi connectivity index (χ4n) is 4.35. The molecule has 3 atom stereocenters. The number of aromatic nitrogens is 3. The minimum absolute atomic E-state index is 0.0160. The molecule has 1 saturated carbocycles. The van der Waals surface area contributed by atoms with Gasteiger partial charge in [0.2, 0.25) is 0 Å². The second kappa shape index (κ2) is 6.24. The van der Waals surface area contributed by atoms with Gasteiger partial charge in [0.1, 0.15) is 21.9 Å². The lowest BCUT2D eigenvalue weighted by Gasteiger charge is -2.37. The van der Waals surface area contributed by atoms with E-state index in [9.17, 15) is 4.79 Å². The van der Waals surface area contributed by atoms with Crippen LogP contribution in [0.2, 0.25) is 0 Å². The van der Waals surface area contributed by atoms with Gasteiger partial charge in [-0.2, -0.15) is 0 Å². The standard InChI is InChI=1S/C19H21N5OS2/c1-9(2)14-16(27-8-22-14)18(25)23-15-11-4-12(15)24(5-11)17-13-10(3)6-26-19(13)21-7-20-17/h6-9,11-12,15H,4-5H2,1-3H3,(H,23,25). The van der Waals surface area contributed by atoms with Crippen LogP contribution >= 0.6 is 22.7 Å². The first-order valence-electron chi connectivity index (χ1n) is 9.24. The lowest BCUT2D eigenvalue weighted by atomic mass is 9.80. The zero-order valence-corrected chi connectivity index (χ0v) is 17.1. The predicted molar refractivity (Wildman–Crippen MR) is 109 cm³/mol. The van der Waals surface area contributed by atoms with Crippen molar-refractivity contribution >= 4 is 44.6 Å². The van der Waals surface area contributed by atoms with Crippen LogP contribution in [-0.2, 0) is 0 Å². The van der Waals surface area contributed by atoms with E-state index in [1.54, 1.807) is 23.2 Å². The average molecular weight is 400 g/mol. The van der Waals surface area contributed by atoms with Gasteiger partial charge in [-0.05, 0) is 30.2 Å². The number of nitrogens with one attached hydrogen (secondary N) is 1. The second-order valence-corrected chi connectivity index (χ2v) is 9.45. The van der Waals surface area contributed by atoms with E-state index in [0.717, 1.165) is 39.6 Å². The van der Waals surface area contributed by atoms with E-state index in [4.69, 9.17) is 0 Å². The van der Waals surface area contributed by atoms with E-state index in [2.05, 4.69) is 51.3 Å². The number of amides is 1. The van der Waals surface area contributed by atoms with Crippen LogP contribution in [0.15, 0.2) is 17.2 Å². The maximum atomic E-state index is 12.8. The molecule has 3 unspecified atom stereocenters. The minimum atomic E-state index is 0.0160. The molecule has 0 radical (unpaired) electrons. The molecule has 0 aromatic carbocycles. The van der Waals surface area contributed by atoms with Crippen molar-refractivity contribution in [3.8, 4) is 0 Å². The molecule has 1 aliphatic carbocycles. The number of nitrogens with zero attached hydrogens (tertiary/aromatic N) is 4. The maximum absolute atomic E-state index is 12.8. The van der Waals surface area contributed by atoms with E-state index in [-0.39, 0.29) is 17.9 Å². The molecule has 3 aromatic heterocycles. The summed E-state index contributed by atoms with van der Waals surface area (Å²) in [6.45, 7) is 7.20. The van der Waals surface area contributed by atoms with E-state index < -0.39 is 0 Å². The van der Waals surface area contributed by atoms with Gasteiger partial charge in [-0.25, -0.2) is 15.0 Å². The Morgan fingerprint density at radius 3 is 2.96 bits per heavy atom. The first kappa shape index (κ1) is 17.1. The molecule has 8 heteroatoms. The summed E-state index contributed by atoms with van der Waals surface area (Å²) < 4.78 is 0. The largest absolute Gasteiger partial charge is 0.351 e. The molecule has 1 N–H and O–H groups in total. The third-order valence-corrected chi connectivity index (χ3v) is 7.60. The number of thiazole rings is 1. The number of carbonyl (C=O) groups excluding carboxylic acids is 1. The minimum Gasteiger partial charge on any atom is -0.351 e. The van der Waals surface area contributed by atoms with Gasteiger partial charge >= 0.3 is 0 Å². The third-order valence-electron chi connectivity index (χ3n) is 5.75. The zero-order chi connectivity index (χ0) is 18.7. The topological polar surface area (TPSA) is 71.0 Å². The number of thiophene rings is 1. The van der Waals surface area contributed by atoms with E-state index in [1.165, 1.54) is 16.9 Å². The Hall–Kier alpha value is -2.06. The van der Waals surface area contributed by atoms with Gasteiger partial charge in [0.15, 0.2) is 0 Å². The molecule has 2 aliphatic heterocycles. The van der Waals surface area contributed by atoms with Crippen LogP contribution in [0.3, 0.4) is 0 Å². The fourth-order valence-corrected chi connectivity index (χ4v) is 6.08. The molecular formula is C19H21N5OS2. The van der Waals surface area contributed by atoms with E-state index in [0.29, 0.717) is 12.0 Å². The summed E-state index contributed by atoms with van der Waals surface area (Å²) in [6.07, 6.45) is 2.77. The molecule has 3 aromatic rings. The number of carbonyl (C=O) groups is 1. The lowest BCUT2D eigenvalue weighted by Crippen LogP contribution is -2.54. The summed E-state index contributed by atoms with van der Waals surface area (Å²) in [5.41, 5.74) is 3.89. The summed E-state index contributed by atoms with van der Waals surface area (Å²) in [7, 11) is 0. The van der Waals surface area contributed by atoms with Crippen LogP contribution in [0.1, 0.15) is 47.1 Å². The Morgan fingerprint density at radius 2 is 2.15 bits per heavy atom. The number of rotatable bonds is 4. The van der Waals surface area contributed by atoms with E-state index in [1.807, 2.05) is 0 Å². The third kappa shape index (κ3) is 2.57. The Kier molecular flexibility index (Phi) is 3.94. The normalized spacial score (nSPS) is 23.9. The smallest absolute Gasteiger partial charge is 0.263 e. The van der Waals surface area contributed by atoms with Gasteiger partial charge in [-0.3, -0.25) is 4.79 Å². The van der Waals surface area contributed by atoms with E-state index >= 15 is 0 Å². The number of anilines is 1. The van der Waals surface area contributed by atoms with Gasteiger partial charge in [0.05, 0.1) is 28.7 Å². The van der Waals surface area contributed by atoms with Crippen LogP contribution in [0, 0.1) is 12.8 Å². The molecule has 6 rings (SSSR count). The highest BCUT2D eigenvalue weighted by molar-refractivity contribution is 7.17. The maximum Gasteiger partial charge on any atom is 0.263 e. The van der Waals surface area contributed by atoms with Crippen LogP contribution in [0.5, 0.6) is 0 Å². The van der Waals surface area contributed by atoms with Crippen LogP contribution < -0.4 is 10.2 Å². The van der Waals surface area contributed by atoms with Gasteiger partial charge in [-0.1, -0.05) is 13.8 Å². The van der Waals surface area contributed by atoms with Gasteiger partial charge in [0, 0.05) is 12.5 Å². The number of aryl methyl sites for hydroxylation is 1. The van der Waals surface area contributed by atoms with Crippen molar-refractivity contribution in [1.82, 2.24) is 20.3 Å². The summed E-state index contributed by atoms with van der Waals surface area (Å²) in [5.74, 6) is 1.77.